The number of carboxylic acids is 1. The van der Waals surface area contributed by atoms with Gasteiger partial charge in [-0.15, -0.1) is 11.3 Å². The summed E-state index contributed by atoms with van der Waals surface area (Å²) in [5.41, 5.74) is -3.62. The molecular weight excluding hydrogens is 275 g/mol. The van der Waals surface area contributed by atoms with Crippen molar-refractivity contribution < 1.29 is 23.1 Å². The third-order valence-electron chi connectivity index (χ3n) is 1.80. The minimum atomic E-state index is -4.21. The minimum absolute atomic E-state index is 0.0873. The number of nitrogens with one attached hydrogen (secondary N) is 1. The van der Waals surface area contributed by atoms with Crippen LogP contribution in [0, 0.1) is 0 Å². The fraction of sp³-hybridized carbons (Fsp3) is 0.444. The number of alkyl halides is 3. The molecule has 0 unspecified atom stereocenters. The molecule has 0 atom stereocenters. The summed E-state index contributed by atoms with van der Waals surface area (Å²) in [6, 6.07) is 1.65. The fourth-order valence-corrected chi connectivity index (χ4v) is 2.36. The van der Waals surface area contributed by atoms with Crippen molar-refractivity contribution >= 4 is 29.1 Å². The van der Waals surface area contributed by atoms with Crippen LogP contribution >= 0.6 is 23.1 Å². The predicted octanol–water partition coefficient (Wildman–Crippen LogP) is 2.79. The molecule has 0 aliphatic heterocycles. The Balaban J connectivity index is 2.27. The first-order valence-electron chi connectivity index (χ1n) is 4.61. The average molecular weight is 285 g/mol. The van der Waals surface area contributed by atoms with Crippen LogP contribution < -0.4 is 5.32 Å². The number of carbonyl (C=O) groups is 1. The number of hydrogen-bond acceptors (Lipinski definition) is 4. The van der Waals surface area contributed by atoms with Gasteiger partial charge in [-0.1, -0.05) is 0 Å². The topological polar surface area (TPSA) is 49.3 Å². The van der Waals surface area contributed by atoms with Gasteiger partial charge in [-0.3, -0.25) is 0 Å². The molecule has 2 N–H and O–H groups in total. The predicted molar refractivity (Wildman–Crippen MR) is 61.5 cm³/mol. The molecule has 1 aromatic rings. The fourth-order valence-electron chi connectivity index (χ4n) is 1.12. The maximum absolute atomic E-state index is 11.8. The van der Waals surface area contributed by atoms with E-state index in [2.05, 4.69) is 5.32 Å². The van der Waals surface area contributed by atoms with E-state index in [1.54, 1.807) is 11.4 Å². The number of thioether (sulfide) groups is 1. The monoisotopic (exact) mass is 285 g/mol. The molecule has 0 aliphatic carbocycles. The third-order valence-corrected chi connectivity index (χ3v) is 3.48. The van der Waals surface area contributed by atoms with Crippen LogP contribution in [0.5, 0.6) is 0 Å². The molecule has 0 saturated heterocycles. The number of hydrogen-bond donors (Lipinski definition) is 2. The Morgan fingerprint density at radius 3 is 2.82 bits per heavy atom. The van der Waals surface area contributed by atoms with Crippen LogP contribution in [0.15, 0.2) is 11.4 Å². The number of rotatable bonds is 6. The molecule has 1 heterocycles. The molecule has 0 amide bonds. The normalized spacial score (nSPS) is 11.7. The van der Waals surface area contributed by atoms with Crippen LogP contribution in [0.25, 0.3) is 0 Å². The van der Waals surface area contributed by atoms with E-state index in [0.29, 0.717) is 5.56 Å². The summed E-state index contributed by atoms with van der Waals surface area (Å²) in [6.07, 6.45) is 0. The Labute approximate surface area is 104 Å². The zero-order valence-electron chi connectivity index (χ0n) is 8.58. The first-order chi connectivity index (χ1) is 7.90. The van der Waals surface area contributed by atoms with Crippen LogP contribution in [0.2, 0.25) is 0 Å². The molecule has 17 heavy (non-hydrogen) atoms. The number of halogens is 3. The molecule has 0 fully saturated rings. The highest BCUT2D eigenvalue weighted by molar-refractivity contribution is 8.00. The lowest BCUT2D eigenvalue weighted by molar-refractivity contribution is -0.0327. The maximum Gasteiger partial charge on any atom is 0.441 e. The Hall–Kier alpha value is -0.730. The highest BCUT2D eigenvalue weighted by atomic mass is 32.2. The van der Waals surface area contributed by atoms with Crippen LogP contribution in [0.3, 0.4) is 0 Å². The second kappa shape index (κ2) is 6.27. The van der Waals surface area contributed by atoms with E-state index in [9.17, 15) is 18.0 Å². The second-order valence-electron chi connectivity index (χ2n) is 3.05. The first kappa shape index (κ1) is 14.3. The molecule has 1 rings (SSSR count). The standard InChI is InChI=1S/C9H10F3NO2S2/c10-9(11,12)17-4-2-13-5-6-1-3-16-7(6)8(14)15/h1,3,13H,2,4-5H2,(H,14,15). The second-order valence-corrected chi connectivity index (χ2v) is 5.13. The van der Waals surface area contributed by atoms with Gasteiger partial charge in [0.15, 0.2) is 0 Å². The highest BCUT2D eigenvalue weighted by Gasteiger charge is 2.27. The van der Waals surface area contributed by atoms with Gasteiger partial charge in [0.2, 0.25) is 0 Å². The van der Waals surface area contributed by atoms with Gasteiger partial charge in [0.25, 0.3) is 0 Å². The maximum atomic E-state index is 11.8. The lowest BCUT2D eigenvalue weighted by Crippen LogP contribution is -2.19. The molecule has 3 nitrogen and oxygen atoms in total. The van der Waals surface area contributed by atoms with E-state index in [1.807, 2.05) is 0 Å². The largest absolute Gasteiger partial charge is 0.477 e. The molecular formula is C9H10F3NO2S2. The Morgan fingerprint density at radius 2 is 2.24 bits per heavy atom. The third kappa shape index (κ3) is 5.42. The van der Waals surface area contributed by atoms with Gasteiger partial charge in [0.1, 0.15) is 4.88 Å². The first-order valence-corrected chi connectivity index (χ1v) is 6.48. The van der Waals surface area contributed by atoms with Gasteiger partial charge in [0, 0.05) is 18.8 Å². The summed E-state index contributed by atoms with van der Waals surface area (Å²) in [5, 5.41) is 13.2. The van der Waals surface area contributed by atoms with Crippen molar-refractivity contribution in [3.63, 3.8) is 0 Å². The number of aromatic carboxylic acids is 1. The Bertz CT molecular complexity index is 379. The van der Waals surface area contributed by atoms with Crippen LogP contribution in [0.4, 0.5) is 13.2 Å². The molecule has 0 aromatic carbocycles. The van der Waals surface area contributed by atoms with Crippen LogP contribution in [-0.2, 0) is 6.54 Å². The summed E-state index contributed by atoms with van der Waals surface area (Å²) in [7, 11) is 0. The molecule has 0 aliphatic rings. The van der Waals surface area contributed by atoms with Crippen molar-refractivity contribution in [1.29, 1.82) is 0 Å². The van der Waals surface area contributed by atoms with E-state index in [0.717, 1.165) is 11.3 Å². The molecule has 0 bridgehead atoms. The van der Waals surface area contributed by atoms with Crippen molar-refractivity contribution in [3.8, 4) is 0 Å². The van der Waals surface area contributed by atoms with Crippen molar-refractivity contribution in [1.82, 2.24) is 5.32 Å². The lowest BCUT2D eigenvalue weighted by Gasteiger charge is -2.06. The Morgan fingerprint density at radius 1 is 1.53 bits per heavy atom. The van der Waals surface area contributed by atoms with Crippen LogP contribution in [-0.4, -0.2) is 28.9 Å². The SMILES string of the molecule is O=C(O)c1sccc1CNCCSC(F)(F)F. The molecule has 96 valence electrons. The van der Waals surface area contributed by atoms with Crippen molar-refractivity contribution in [2.45, 2.75) is 12.1 Å². The molecule has 8 heteroatoms. The number of carboxylic acid groups (broad SMARTS) is 1. The molecule has 0 radical (unpaired) electrons. The molecule has 1 aromatic heterocycles. The van der Waals surface area contributed by atoms with Gasteiger partial charge in [-0.25, -0.2) is 4.79 Å². The van der Waals surface area contributed by atoms with E-state index >= 15 is 0 Å². The molecule has 0 spiro atoms. The van der Waals surface area contributed by atoms with Gasteiger partial charge in [0.05, 0.1) is 0 Å². The summed E-state index contributed by atoms with van der Waals surface area (Å²) in [6.45, 7) is 0.447. The minimum Gasteiger partial charge on any atom is -0.477 e. The lowest BCUT2D eigenvalue weighted by atomic mass is 10.2. The van der Waals surface area contributed by atoms with E-state index in [-0.39, 0.29) is 35.5 Å². The zero-order chi connectivity index (χ0) is 12.9. The van der Waals surface area contributed by atoms with Crippen molar-refractivity contribution in [2.75, 3.05) is 12.3 Å². The summed E-state index contributed by atoms with van der Waals surface area (Å²) in [4.78, 5) is 11.0. The molecule has 0 saturated carbocycles. The summed E-state index contributed by atoms with van der Waals surface area (Å²) in [5.74, 6) is -1.10. The van der Waals surface area contributed by atoms with Gasteiger partial charge in [-0.2, -0.15) is 13.2 Å². The highest BCUT2D eigenvalue weighted by Crippen LogP contribution is 2.29. The van der Waals surface area contributed by atoms with Crippen molar-refractivity contribution in [2.24, 2.45) is 0 Å². The van der Waals surface area contributed by atoms with Crippen molar-refractivity contribution in [3.05, 3.63) is 21.9 Å². The summed E-state index contributed by atoms with van der Waals surface area (Å²) < 4.78 is 35.4. The Kier molecular flexibility index (Phi) is 5.29. The zero-order valence-corrected chi connectivity index (χ0v) is 10.2. The van der Waals surface area contributed by atoms with Gasteiger partial charge in [-0.05, 0) is 28.8 Å². The quantitative estimate of drug-likeness (QED) is 0.789. The summed E-state index contributed by atoms with van der Waals surface area (Å²) >= 11 is 1.01. The van der Waals surface area contributed by atoms with E-state index in [1.165, 1.54) is 0 Å². The van der Waals surface area contributed by atoms with Gasteiger partial charge < -0.3 is 10.4 Å². The number of thiophene rings is 1. The van der Waals surface area contributed by atoms with Crippen LogP contribution in [0.1, 0.15) is 15.2 Å². The van der Waals surface area contributed by atoms with Gasteiger partial charge >= 0.3 is 11.5 Å². The smallest absolute Gasteiger partial charge is 0.441 e. The van der Waals surface area contributed by atoms with E-state index < -0.39 is 11.5 Å². The van der Waals surface area contributed by atoms with E-state index in [4.69, 9.17) is 5.11 Å². The average Bonchev–Trinajstić information content (AvgIpc) is 2.63.